The van der Waals surface area contributed by atoms with Gasteiger partial charge in [-0.2, -0.15) is 4.98 Å². The van der Waals surface area contributed by atoms with Crippen molar-refractivity contribution in [2.75, 3.05) is 10.6 Å². The largest absolute Gasteiger partial charge is 0.352 e. The predicted molar refractivity (Wildman–Crippen MR) is 105 cm³/mol. The van der Waals surface area contributed by atoms with Gasteiger partial charge in [0.05, 0.1) is 0 Å². The van der Waals surface area contributed by atoms with Crippen molar-refractivity contribution in [2.24, 2.45) is 0 Å². The summed E-state index contributed by atoms with van der Waals surface area (Å²) in [7, 11) is 0. The van der Waals surface area contributed by atoms with E-state index in [2.05, 4.69) is 79.5 Å². The lowest BCUT2D eigenvalue weighted by atomic mass is 9.87. The van der Waals surface area contributed by atoms with Crippen LogP contribution in [-0.2, 0) is 5.41 Å². The van der Waals surface area contributed by atoms with E-state index in [-0.39, 0.29) is 5.41 Å². The van der Waals surface area contributed by atoms with Gasteiger partial charge in [-0.05, 0) is 43.9 Å². The maximum absolute atomic E-state index is 4.57. The quantitative estimate of drug-likeness (QED) is 0.759. The second-order valence-corrected chi connectivity index (χ2v) is 6.98. The summed E-state index contributed by atoms with van der Waals surface area (Å²) in [6.07, 6.45) is 1.84. The van der Waals surface area contributed by atoms with Crippen LogP contribution in [0.1, 0.15) is 59.6 Å². The van der Waals surface area contributed by atoms with Crippen molar-refractivity contribution in [3.8, 4) is 0 Å². The molecule has 0 unspecified atom stereocenters. The van der Waals surface area contributed by atoms with Crippen LogP contribution in [0.15, 0.2) is 30.5 Å². The molecule has 2 aromatic rings. The molecule has 0 amide bonds. The third-order valence-electron chi connectivity index (χ3n) is 3.38. The van der Waals surface area contributed by atoms with Crippen LogP contribution in [0.25, 0.3) is 0 Å². The van der Waals surface area contributed by atoms with Crippen LogP contribution in [0.2, 0.25) is 0 Å². The van der Waals surface area contributed by atoms with E-state index in [1.807, 2.05) is 27.0 Å². The zero-order valence-electron chi connectivity index (χ0n) is 16.4. The van der Waals surface area contributed by atoms with Crippen molar-refractivity contribution < 1.29 is 0 Å². The van der Waals surface area contributed by atoms with Gasteiger partial charge in [-0.15, -0.1) is 0 Å². The van der Waals surface area contributed by atoms with Gasteiger partial charge in [0.1, 0.15) is 5.82 Å². The van der Waals surface area contributed by atoms with E-state index in [0.29, 0.717) is 12.0 Å². The molecule has 1 heterocycles. The highest BCUT2D eigenvalue weighted by atomic mass is 15.1. The van der Waals surface area contributed by atoms with E-state index in [1.54, 1.807) is 0 Å². The van der Waals surface area contributed by atoms with Gasteiger partial charge < -0.3 is 10.6 Å². The molecule has 0 fully saturated rings. The fourth-order valence-electron chi connectivity index (χ4n) is 2.10. The smallest absolute Gasteiger partial charge is 0.224 e. The van der Waals surface area contributed by atoms with Crippen molar-refractivity contribution in [1.82, 2.24) is 9.97 Å². The Morgan fingerprint density at radius 3 is 2.33 bits per heavy atom. The number of nitrogens with one attached hydrogen (secondary N) is 2. The minimum atomic E-state index is 0.128. The van der Waals surface area contributed by atoms with Crippen molar-refractivity contribution >= 4 is 17.5 Å². The summed E-state index contributed by atoms with van der Waals surface area (Å²) >= 11 is 0. The van der Waals surface area contributed by atoms with Gasteiger partial charge in [0.15, 0.2) is 0 Å². The lowest BCUT2D eigenvalue weighted by Gasteiger charge is -2.20. The Kier molecular flexibility index (Phi) is 7.20. The lowest BCUT2D eigenvalue weighted by Crippen LogP contribution is -2.13. The van der Waals surface area contributed by atoms with Crippen LogP contribution in [0, 0.1) is 6.92 Å². The number of nitrogens with zero attached hydrogens (tertiary/aromatic N) is 2. The first-order chi connectivity index (χ1) is 11.3. The summed E-state index contributed by atoms with van der Waals surface area (Å²) in [6, 6.07) is 8.78. The SMILES string of the molecule is CC.Cc1cnc(NC(C)C)nc1Nc1cccc(C(C)(C)C)c1. The van der Waals surface area contributed by atoms with E-state index >= 15 is 0 Å². The Labute approximate surface area is 147 Å². The van der Waals surface area contributed by atoms with E-state index in [1.165, 1.54) is 5.56 Å². The average Bonchev–Trinajstić information content (AvgIpc) is 2.51. The normalized spacial score (nSPS) is 10.9. The van der Waals surface area contributed by atoms with Gasteiger partial charge in [-0.1, -0.05) is 46.8 Å². The molecule has 0 saturated carbocycles. The summed E-state index contributed by atoms with van der Waals surface area (Å²) in [4.78, 5) is 8.88. The van der Waals surface area contributed by atoms with E-state index in [0.717, 1.165) is 17.1 Å². The highest BCUT2D eigenvalue weighted by Gasteiger charge is 2.14. The van der Waals surface area contributed by atoms with E-state index in [4.69, 9.17) is 0 Å². The van der Waals surface area contributed by atoms with E-state index < -0.39 is 0 Å². The molecule has 0 atom stereocenters. The highest BCUT2D eigenvalue weighted by molar-refractivity contribution is 5.61. The standard InChI is InChI=1S/C18H26N4.C2H6/c1-12(2)20-17-19-11-13(3)16(22-17)21-15-9-7-8-14(10-15)18(4,5)6;1-2/h7-12H,1-6H3,(H2,19,20,21,22);1-2H3. The van der Waals surface area contributed by atoms with Crippen molar-refractivity contribution in [3.05, 3.63) is 41.6 Å². The molecule has 4 nitrogen and oxygen atoms in total. The molecular weight excluding hydrogens is 296 g/mol. The minimum absolute atomic E-state index is 0.128. The Morgan fingerprint density at radius 2 is 1.75 bits per heavy atom. The number of hydrogen-bond donors (Lipinski definition) is 2. The summed E-state index contributed by atoms with van der Waals surface area (Å²) in [5, 5.41) is 6.64. The molecular formula is C20H32N4. The van der Waals surface area contributed by atoms with Crippen LogP contribution >= 0.6 is 0 Å². The fraction of sp³-hybridized carbons (Fsp3) is 0.500. The maximum Gasteiger partial charge on any atom is 0.224 e. The number of rotatable bonds is 4. The average molecular weight is 329 g/mol. The molecule has 0 aliphatic rings. The van der Waals surface area contributed by atoms with Crippen LogP contribution in [0.5, 0.6) is 0 Å². The molecule has 1 aromatic heterocycles. The second-order valence-electron chi connectivity index (χ2n) is 6.98. The first-order valence-corrected chi connectivity index (χ1v) is 8.73. The Bertz CT molecular complexity index is 642. The first kappa shape index (κ1) is 19.9. The molecule has 0 aliphatic heterocycles. The maximum atomic E-state index is 4.57. The highest BCUT2D eigenvalue weighted by Crippen LogP contribution is 2.26. The van der Waals surface area contributed by atoms with E-state index in [9.17, 15) is 0 Å². The Morgan fingerprint density at radius 1 is 1.08 bits per heavy atom. The third-order valence-corrected chi connectivity index (χ3v) is 3.38. The molecule has 24 heavy (non-hydrogen) atoms. The zero-order valence-corrected chi connectivity index (χ0v) is 16.4. The third kappa shape index (κ3) is 5.84. The summed E-state index contributed by atoms with van der Waals surface area (Å²) < 4.78 is 0. The molecule has 132 valence electrons. The fourth-order valence-corrected chi connectivity index (χ4v) is 2.10. The molecule has 0 radical (unpaired) electrons. The van der Waals surface area contributed by atoms with Gasteiger partial charge in [-0.3, -0.25) is 0 Å². The second kappa shape index (κ2) is 8.67. The minimum Gasteiger partial charge on any atom is -0.352 e. The molecule has 0 aliphatic carbocycles. The first-order valence-electron chi connectivity index (χ1n) is 8.73. The topological polar surface area (TPSA) is 49.8 Å². The van der Waals surface area contributed by atoms with Gasteiger partial charge in [0.2, 0.25) is 5.95 Å². The molecule has 1 aromatic carbocycles. The monoisotopic (exact) mass is 328 g/mol. The molecule has 4 heteroatoms. The van der Waals surface area contributed by atoms with Crippen LogP contribution < -0.4 is 10.6 Å². The number of aromatic nitrogens is 2. The molecule has 2 N–H and O–H groups in total. The Hall–Kier alpha value is -2.10. The van der Waals surface area contributed by atoms with Gasteiger partial charge in [-0.25, -0.2) is 4.98 Å². The molecule has 0 bridgehead atoms. The van der Waals surface area contributed by atoms with Crippen LogP contribution in [0.3, 0.4) is 0 Å². The predicted octanol–water partition coefficient (Wildman–Crippen LogP) is 5.67. The van der Waals surface area contributed by atoms with Crippen molar-refractivity contribution in [1.29, 1.82) is 0 Å². The summed E-state index contributed by atoms with van der Waals surface area (Å²) in [5.74, 6) is 1.49. The van der Waals surface area contributed by atoms with Crippen LogP contribution in [-0.4, -0.2) is 16.0 Å². The van der Waals surface area contributed by atoms with Crippen molar-refractivity contribution in [2.45, 2.75) is 66.8 Å². The van der Waals surface area contributed by atoms with Crippen LogP contribution in [0.4, 0.5) is 17.5 Å². The Balaban J connectivity index is 0.00000139. The number of anilines is 3. The molecule has 0 saturated heterocycles. The molecule has 0 spiro atoms. The van der Waals surface area contributed by atoms with Gasteiger partial charge >= 0.3 is 0 Å². The summed E-state index contributed by atoms with van der Waals surface area (Å²) in [5.41, 5.74) is 3.49. The number of benzene rings is 1. The number of hydrogen-bond acceptors (Lipinski definition) is 4. The number of aryl methyl sites for hydroxylation is 1. The molecule has 2 rings (SSSR count). The van der Waals surface area contributed by atoms with Gasteiger partial charge in [0.25, 0.3) is 0 Å². The van der Waals surface area contributed by atoms with Gasteiger partial charge in [0, 0.05) is 23.5 Å². The zero-order chi connectivity index (χ0) is 18.3. The van der Waals surface area contributed by atoms with Crippen molar-refractivity contribution in [3.63, 3.8) is 0 Å². The summed E-state index contributed by atoms with van der Waals surface area (Å²) in [6.45, 7) is 16.8. The lowest BCUT2D eigenvalue weighted by molar-refractivity contribution is 0.590.